The number of anilines is 1. The van der Waals surface area contributed by atoms with Crippen LogP contribution in [0.5, 0.6) is 5.88 Å². The van der Waals surface area contributed by atoms with E-state index in [2.05, 4.69) is 15.2 Å². The van der Waals surface area contributed by atoms with Crippen molar-refractivity contribution < 1.29 is 4.74 Å². The molecule has 88 valence electrons. The second kappa shape index (κ2) is 5.70. The van der Waals surface area contributed by atoms with E-state index in [-0.39, 0.29) is 0 Å². The third-order valence-corrected chi connectivity index (χ3v) is 2.67. The highest BCUT2D eigenvalue weighted by molar-refractivity contribution is 5.40. The van der Waals surface area contributed by atoms with Crippen LogP contribution < -0.4 is 15.0 Å². The van der Waals surface area contributed by atoms with Crippen molar-refractivity contribution in [3.8, 4) is 5.88 Å². The van der Waals surface area contributed by atoms with Gasteiger partial charge in [0.15, 0.2) is 0 Å². The van der Waals surface area contributed by atoms with Gasteiger partial charge in [-0.15, -0.1) is 0 Å². The van der Waals surface area contributed by atoms with Crippen LogP contribution in [0.2, 0.25) is 0 Å². The van der Waals surface area contributed by atoms with Crippen molar-refractivity contribution >= 4 is 5.82 Å². The summed E-state index contributed by atoms with van der Waals surface area (Å²) in [7, 11) is 0. The maximum absolute atomic E-state index is 5.42. The molecule has 0 radical (unpaired) electrons. The van der Waals surface area contributed by atoms with E-state index in [0.717, 1.165) is 37.9 Å². The average Bonchev–Trinajstić information content (AvgIpc) is 2.58. The lowest BCUT2D eigenvalue weighted by atomic mass is 10.3. The van der Waals surface area contributed by atoms with Crippen LogP contribution in [0.4, 0.5) is 5.82 Å². The first kappa shape index (κ1) is 11.2. The summed E-state index contributed by atoms with van der Waals surface area (Å²) in [5, 5.41) is 3.39. The Morgan fingerprint density at radius 3 is 3.19 bits per heavy atom. The second-order valence-corrected chi connectivity index (χ2v) is 3.86. The molecule has 0 bridgehead atoms. The molecule has 0 saturated carbocycles. The molecule has 4 nitrogen and oxygen atoms in total. The predicted octanol–water partition coefficient (Wildman–Crippen LogP) is 1.28. The Hall–Kier alpha value is -1.29. The van der Waals surface area contributed by atoms with E-state index in [0.29, 0.717) is 6.61 Å². The van der Waals surface area contributed by atoms with E-state index in [4.69, 9.17) is 4.74 Å². The Morgan fingerprint density at radius 1 is 1.38 bits per heavy atom. The molecule has 0 unspecified atom stereocenters. The quantitative estimate of drug-likeness (QED) is 0.834. The lowest BCUT2D eigenvalue weighted by molar-refractivity contribution is 0.327. The molecule has 0 aromatic carbocycles. The minimum absolute atomic E-state index is 0.665. The number of pyridine rings is 1. The summed E-state index contributed by atoms with van der Waals surface area (Å²) in [4.78, 5) is 6.81. The zero-order valence-corrected chi connectivity index (χ0v) is 9.78. The summed E-state index contributed by atoms with van der Waals surface area (Å²) in [6.45, 7) is 6.85. The lowest BCUT2D eigenvalue weighted by Crippen LogP contribution is -2.28. The van der Waals surface area contributed by atoms with E-state index in [1.165, 1.54) is 6.42 Å². The van der Waals surface area contributed by atoms with Crippen LogP contribution >= 0.6 is 0 Å². The predicted molar refractivity (Wildman–Crippen MR) is 65.1 cm³/mol. The normalized spacial score (nSPS) is 16.9. The summed E-state index contributed by atoms with van der Waals surface area (Å²) < 4.78 is 5.42. The molecule has 1 aliphatic heterocycles. The van der Waals surface area contributed by atoms with Gasteiger partial charge >= 0.3 is 0 Å². The molecule has 1 saturated heterocycles. The largest absolute Gasteiger partial charge is 0.478 e. The van der Waals surface area contributed by atoms with Crippen molar-refractivity contribution in [2.24, 2.45) is 0 Å². The van der Waals surface area contributed by atoms with E-state index < -0.39 is 0 Å². The Labute approximate surface area is 96.6 Å². The smallest absolute Gasteiger partial charge is 0.215 e. The van der Waals surface area contributed by atoms with Gasteiger partial charge in [-0.2, -0.15) is 4.98 Å². The number of nitrogens with one attached hydrogen (secondary N) is 1. The van der Waals surface area contributed by atoms with Gasteiger partial charge in [0.2, 0.25) is 5.88 Å². The molecule has 1 aromatic rings. The average molecular weight is 221 g/mol. The van der Waals surface area contributed by atoms with Gasteiger partial charge in [-0.1, -0.05) is 6.07 Å². The Morgan fingerprint density at radius 2 is 2.31 bits per heavy atom. The molecule has 16 heavy (non-hydrogen) atoms. The van der Waals surface area contributed by atoms with Crippen molar-refractivity contribution in [1.29, 1.82) is 0 Å². The van der Waals surface area contributed by atoms with Gasteiger partial charge in [-0.3, -0.25) is 0 Å². The number of hydrogen-bond donors (Lipinski definition) is 1. The van der Waals surface area contributed by atoms with Crippen LogP contribution in [-0.4, -0.2) is 37.8 Å². The fourth-order valence-corrected chi connectivity index (χ4v) is 1.88. The first-order chi connectivity index (χ1) is 7.90. The highest BCUT2D eigenvalue weighted by atomic mass is 16.5. The molecule has 0 aliphatic carbocycles. The summed E-state index contributed by atoms with van der Waals surface area (Å²) >= 11 is 0. The van der Waals surface area contributed by atoms with Crippen molar-refractivity contribution in [3.05, 3.63) is 18.2 Å². The lowest BCUT2D eigenvalue weighted by Gasteiger charge is -2.21. The molecule has 2 rings (SSSR count). The van der Waals surface area contributed by atoms with Crippen LogP contribution in [0.1, 0.15) is 13.3 Å². The molecular formula is C12H19N3O. The van der Waals surface area contributed by atoms with Crippen molar-refractivity contribution in [2.45, 2.75) is 13.3 Å². The van der Waals surface area contributed by atoms with Crippen LogP contribution in [-0.2, 0) is 0 Å². The monoisotopic (exact) mass is 221 g/mol. The molecule has 1 fully saturated rings. The number of aromatic nitrogens is 1. The Kier molecular flexibility index (Phi) is 3.99. The zero-order chi connectivity index (χ0) is 11.2. The van der Waals surface area contributed by atoms with Crippen molar-refractivity contribution in [2.75, 3.05) is 37.7 Å². The van der Waals surface area contributed by atoms with E-state index in [1.807, 2.05) is 25.1 Å². The summed E-state index contributed by atoms with van der Waals surface area (Å²) in [5.41, 5.74) is 0. The standard InChI is InChI=1S/C12H19N3O/c1-2-16-12-6-3-5-11(14-12)15-9-4-7-13-8-10-15/h3,5-6,13H,2,4,7-10H2,1H3. The molecule has 0 atom stereocenters. The summed E-state index contributed by atoms with van der Waals surface area (Å²) in [5.74, 6) is 1.74. The highest BCUT2D eigenvalue weighted by Gasteiger charge is 2.10. The Bertz CT molecular complexity index is 322. The maximum atomic E-state index is 5.42. The highest BCUT2D eigenvalue weighted by Crippen LogP contribution is 2.16. The minimum Gasteiger partial charge on any atom is -0.478 e. The minimum atomic E-state index is 0.665. The molecule has 1 N–H and O–H groups in total. The fourth-order valence-electron chi connectivity index (χ4n) is 1.88. The molecular weight excluding hydrogens is 202 g/mol. The maximum Gasteiger partial charge on any atom is 0.215 e. The number of nitrogens with zero attached hydrogens (tertiary/aromatic N) is 2. The van der Waals surface area contributed by atoms with Gasteiger partial charge in [0.05, 0.1) is 6.61 Å². The van der Waals surface area contributed by atoms with Gasteiger partial charge in [0, 0.05) is 25.7 Å². The molecule has 1 aliphatic rings. The third kappa shape index (κ3) is 2.85. The van der Waals surface area contributed by atoms with E-state index in [9.17, 15) is 0 Å². The third-order valence-electron chi connectivity index (χ3n) is 2.67. The first-order valence-corrected chi connectivity index (χ1v) is 5.95. The number of rotatable bonds is 3. The van der Waals surface area contributed by atoms with E-state index in [1.54, 1.807) is 0 Å². The molecule has 0 amide bonds. The fraction of sp³-hybridized carbons (Fsp3) is 0.583. The van der Waals surface area contributed by atoms with E-state index >= 15 is 0 Å². The second-order valence-electron chi connectivity index (χ2n) is 3.86. The van der Waals surface area contributed by atoms with Gasteiger partial charge in [-0.25, -0.2) is 0 Å². The summed E-state index contributed by atoms with van der Waals surface area (Å²) in [6, 6.07) is 5.96. The van der Waals surface area contributed by atoms with Gasteiger partial charge in [-0.05, 0) is 26.0 Å². The molecule has 0 spiro atoms. The van der Waals surface area contributed by atoms with Crippen LogP contribution in [0.3, 0.4) is 0 Å². The first-order valence-electron chi connectivity index (χ1n) is 5.95. The Balaban J connectivity index is 2.08. The van der Waals surface area contributed by atoms with Gasteiger partial charge in [0.1, 0.15) is 5.82 Å². The van der Waals surface area contributed by atoms with Crippen molar-refractivity contribution in [3.63, 3.8) is 0 Å². The van der Waals surface area contributed by atoms with Crippen molar-refractivity contribution in [1.82, 2.24) is 10.3 Å². The SMILES string of the molecule is CCOc1cccc(N2CCCNCC2)n1. The van der Waals surface area contributed by atoms with Gasteiger partial charge < -0.3 is 15.0 Å². The zero-order valence-electron chi connectivity index (χ0n) is 9.78. The summed E-state index contributed by atoms with van der Waals surface area (Å²) in [6.07, 6.45) is 1.17. The van der Waals surface area contributed by atoms with Gasteiger partial charge in [0.25, 0.3) is 0 Å². The van der Waals surface area contributed by atoms with Crippen LogP contribution in [0.15, 0.2) is 18.2 Å². The topological polar surface area (TPSA) is 37.4 Å². The molecule has 1 aromatic heterocycles. The molecule has 2 heterocycles. The van der Waals surface area contributed by atoms with Crippen LogP contribution in [0, 0.1) is 0 Å². The number of ether oxygens (including phenoxy) is 1. The molecule has 4 heteroatoms. The van der Waals surface area contributed by atoms with Crippen LogP contribution in [0.25, 0.3) is 0 Å². The number of hydrogen-bond acceptors (Lipinski definition) is 4.